The van der Waals surface area contributed by atoms with E-state index in [1.165, 1.54) is 11.3 Å². The van der Waals surface area contributed by atoms with E-state index in [2.05, 4.69) is 10.6 Å². The number of urea groups is 1. The highest BCUT2D eigenvalue weighted by Crippen LogP contribution is 2.24. The van der Waals surface area contributed by atoms with Crippen molar-refractivity contribution in [2.45, 2.75) is 19.1 Å². The van der Waals surface area contributed by atoms with Crippen molar-refractivity contribution in [2.75, 3.05) is 6.54 Å². The lowest BCUT2D eigenvalue weighted by molar-refractivity contribution is 0.0631. The van der Waals surface area contributed by atoms with Gasteiger partial charge in [-0.25, -0.2) is 4.79 Å². The summed E-state index contributed by atoms with van der Waals surface area (Å²) in [4.78, 5) is 12.5. The second-order valence-electron chi connectivity index (χ2n) is 4.77. The predicted octanol–water partition coefficient (Wildman–Crippen LogP) is 2.46. The zero-order valence-electron chi connectivity index (χ0n) is 11.3. The third-order valence-corrected chi connectivity index (χ3v) is 4.06. The average molecular weight is 290 g/mol. The molecule has 4 nitrogen and oxygen atoms in total. The molecule has 1 aromatic heterocycles. The highest BCUT2D eigenvalue weighted by atomic mass is 32.1. The average Bonchev–Trinajstić information content (AvgIpc) is 2.99. The maximum Gasteiger partial charge on any atom is 0.315 e. The van der Waals surface area contributed by atoms with E-state index in [9.17, 15) is 9.90 Å². The normalized spacial score (nSPS) is 13.5. The van der Waals surface area contributed by atoms with Gasteiger partial charge in [-0.15, -0.1) is 11.3 Å². The van der Waals surface area contributed by atoms with E-state index in [1.807, 2.05) is 47.8 Å². The Morgan fingerprint density at radius 1 is 1.20 bits per heavy atom. The molecule has 0 saturated heterocycles. The monoisotopic (exact) mass is 290 g/mol. The molecule has 0 saturated carbocycles. The van der Waals surface area contributed by atoms with Crippen molar-refractivity contribution in [3.05, 3.63) is 58.3 Å². The van der Waals surface area contributed by atoms with Gasteiger partial charge in [-0.3, -0.25) is 0 Å². The number of hydrogen-bond acceptors (Lipinski definition) is 3. The smallest absolute Gasteiger partial charge is 0.315 e. The highest BCUT2D eigenvalue weighted by Gasteiger charge is 2.24. The molecule has 0 unspecified atom stereocenters. The van der Waals surface area contributed by atoms with E-state index in [0.717, 1.165) is 10.4 Å². The van der Waals surface area contributed by atoms with Crippen LogP contribution in [-0.2, 0) is 12.1 Å². The zero-order valence-corrected chi connectivity index (χ0v) is 12.1. The molecule has 3 N–H and O–H groups in total. The molecule has 0 aliphatic heterocycles. The summed E-state index contributed by atoms with van der Waals surface area (Å²) in [7, 11) is 0. The molecule has 1 heterocycles. The van der Waals surface area contributed by atoms with Crippen LogP contribution in [-0.4, -0.2) is 17.7 Å². The molecule has 0 spiro atoms. The third kappa shape index (κ3) is 4.08. The van der Waals surface area contributed by atoms with Crippen LogP contribution >= 0.6 is 11.3 Å². The molecule has 0 radical (unpaired) electrons. The first-order valence-corrected chi connectivity index (χ1v) is 7.28. The van der Waals surface area contributed by atoms with Gasteiger partial charge in [0.2, 0.25) is 0 Å². The minimum atomic E-state index is -1.04. The van der Waals surface area contributed by atoms with E-state index in [0.29, 0.717) is 6.54 Å². The summed E-state index contributed by atoms with van der Waals surface area (Å²) >= 11 is 1.47. The molecular weight excluding hydrogens is 272 g/mol. The molecule has 2 rings (SSSR count). The molecule has 2 aromatic rings. The molecule has 0 aliphatic rings. The lowest BCUT2D eigenvalue weighted by atomic mass is 10.1. The van der Waals surface area contributed by atoms with Crippen molar-refractivity contribution in [3.8, 4) is 0 Å². The zero-order chi connectivity index (χ0) is 14.4. The molecule has 0 fully saturated rings. The Hall–Kier alpha value is -1.85. The fraction of sp³-hybridized carbons (Fsp3) is 0.267. The van der Waals surface area contributed by atoms with Gasteiger partial charge in [0.05, 0.1) is 6.54 Å². The van der Waals surface area contributed by atoms with Crippen LogP contribution in [0.3, 0.4) is 0 Å². The van der Waals surface area contributed by atoms with E-state index in [1.54, 1.807) is 6.92 Å². The van der Waals surface area contributed by atoms with Crippen molar-refractivity contribution in [1.29, 1.82) is 0 Å². The van der Waals surface area contributed by atoms with Gasteiger partial charge in [0.15, 0.2) is 0 Å². The summed E-state index contributed by atoms with van der Waals surface area (Å²) in [6.07, 6.45) is 0. The number of benzene rings is 1. The molecule has 1 aromatic carbocycles. The van der Waals surface area contributed by atoms with Gasteiger partial charge in [-0.1, -0.05) is 36.4 Å². The topological polar surface area (TPSA) is 61.4 Å². The summed E-state index contributed by atoms with van der Waals surface area (Å²) in [6.45, 7) is 2.33. The van der Waals surface area contributed by atoms with Crippen molar-refractivity contribution >= 4 is 17.4 Å². The van der Waals surface area contributed by atoms with Crippen LogP contribution in [0.5, 0.6) is 0 Å². The van der Waals surface area contributed by atoms with Crippen molar-refractivity contribution in [3.63, 3.8) is 0 Å². The molecule has 5 heteroatoms. The van der Waals surface area contributed by atoms with Crippen LogP contribution in [0.15, 0.2) is 47.8 Å². The molecule has 1 atom stereocenters. The largest absolute Gasteiger partial charge is 0.383 e. The minimum Gasteiger partial charge on any atom is -0.383 e. The number of rotatable bonds is 5. The van der Waals surface area contributed by atoms with E-state index >= 15 is 0 Å². The standard InChI is InChI=1S/C15H18N2O2S/c1-15(19,13-8-5-9-20-13)11-17-14(18)16-10-12-6-3-2-4-7-12/h2-9,19H,10-11H2,1H3,(H2,16,17,18)/t15-/m0/s1. The highest BCUT2D eigenvalue weighted by molar-refractivity contribution is 7.10. The first kappa shape index (κ1) is 14.6. The van der Waals surface area contributed by atoms with Gasteiger partial charge in [-0.2, -0.15) is 0 Å². The van der Waals surface area contributed by atoms with Crippen LogP contribution in [0.25, 0.3) is 0 Å². The van der Waals surface area contributed by atoms with Crippen LogP contribution in [0, 0.1) is 0 Å². The quantitative estimate of drug-likeness (QED) is 0.792. The maximum atomic E-state index is 11.7. The molecule has 106 valence electrons. The van der Waals surface area contributed by atoms with E-state index in [4.69, 9.17) is 0 Å². The van der Waals surface area contributed by atoms with Crippen molar-refractivity contribution < 1.29 is 9.90 Å². The Balaban J connectivity index is 1.78. The van der Waals surface area contributed by atoms with E-state index in [-0.39, 0.29) is 12.6 Å². The van der Waals surface area contributed by atoms with Gasteiger partial charge in [0.1, 0.15) is 5.60 Å². The molecule has 20 heavy (non-hydrogen) atoms. The number of aliphatic hydroxyl groups is 1. The van der Waals surface area contributed by atoms with Crippen LogP contribution < -0.4 is 10.6 Å². The Bertz CT molecular complexity index is 538. The SMILES string of the molecule is C[C@](O)(CNC(=O)NCc1ccccc1)c1cccs1. The van der Waals surface area contributed by atoms with Crippen LogP contribution in [0.2, 0.25) is 0 Å². The lowest BCUT2D eigenvalue weighted by Gasteiger charge is -2.22. The Labute approximate surface area is 122 Å². The van der Waals surface area contributed by atoms with Gasteiger partial charge in [-0.05, 0) is 23.9 Å². The predicted molar refractivity (Wildman–Crippen MR) is 80.6 cm³/mol. The van der Waals surface area contributed by atoms with Gasteiger partial charge >= 0.3 is 6.03 Å². The third-order valence-electron chi connectivity index (χ3n) is 2.94. The molecule has 0 aliphatic carbocycles. The summed E-state index contributed by atoms with van der Waals surface area (Å²) in [6, 6.07) is 13.1. The van der Waals surface area contributed by atoms with Gasteiger partial charge in [0, 0.05) is 11.4 Å². The molecule has 2 amide bonds. The second kappa shape index (κ2) is 6.54. The molecular formula is C15H18N2O2S. The van der Waals surface area contributed by atoms with Crippen LogP contribution in [0.4, 0.5) is 4.79 Å². The summed E-state index contributed by atoms with van der Waals surface area (Å²) in [5, 5.41) is 17.6. The number of carbonyl (C=O) groups is 1. The lowest BCUT2D eigenvalue weighted by Crippen LogP contribution is -2.42. The second-order valence-corrected chi connectivity index (χ2v) is 5.72. The first-order valence-electron chi connectivity index (χ1n) is 6.40. The summed E-state index contributed by atoms with van der Waals surface area (Å²) in [5.41, 5.74) is -0.00852. The number of nitrogens with one attached hydrogen (secondary N) is 2. The number of hydrogen-bond donors (Lipinski definition) is 3. The van der Waals surface area contributed by atoms with Crippen molar-refractivity contribution in [1.82, 2.24) is 10.6 Å². The summed E-state index contributed by atoms with van der Waals surface area (Å²) < 4.78 is 0. The summed E-state index contributed by atoms with van der Waals surface area (Å²) in [5.74, 6) is 0. The van der Waals surface area contributed by atoms with Gasteiger partial charge < -0.3 is 15.7 Å². The Kier molecular flexibility index (Phi) is 4.76. The first-order chi connectivity index (χ1) is 9.58. The Morgan fingerprint density at radius 2 is 1.95 bits per heavy atom. The molecule has 0 bridgehead atoms. The van der Waals surface area contributed by atoms with Gasteiger partial charge in [0.25, 0.3) is 0 Å². The van der Waals surface area contributed by atoms with Crippen molar-refractivity contribution in [2.24, 2.45) is 0 Å². The fourth-order valence-electron chi connectivity index (χ4n) is 1.77. The van der Waals surface area contributed by atoms with Crippen LogP contribution in [0.1, 0.15) is 17.4 Å². The number of thiophene rings is 1. The number of amides is 2. The Morgan fingerprint density at radius 3 is 2.60 bits per heavy atom. The fourth-order valence-corrected chi connectivity index (χ4v) is 2.55. The number of carbonyl (C=O) groups excluding carboxylic acids is 1. The van der Waals surface area contributed by atoms with E-state index < -0.39 is 5.60 Å². The maximum absolute atomic E-state index is 11.7. The minimum absolute atomic E-state index is 0.175.